The number of carbonyl (C=O) groups excluding carboxylic acids is 1. The van der Waals surface area contributed by atoms with Gasteiger partial charge in [-0.2, -0.15) is 13.2 Å². The fraction of sp³-hybridized carbons (Fsp3) is 0.350. The number of carbonyl (C=O) groups is 1. The van der Waals surface area contributed by atoms with Crippen molar-refractivity contribution in [2.45, 2.75) is 37.3 Å². The molecule has 0 atom stereocenters. The van der Waals surface area contributed by atoms with Crippen LogP contribution < -0.4 is 5.32 Å². The molecule has 0 spiro atoms. The number of nitrogens with one attached hydrogen (secondary N) is 1. The smallest absolute Gasteiger partial charge is 0.350 e. The highest BCUT2D eigenvalue weighted by Crippen LogP contribution is 2.41. The Morgan fingerprint density at radius 2 is 1.87 bits per heavy atom. The van der Waals surface area contributed by atoms with Crippen LogP contribution in [0.3, 0.4) is 0 Å². The van der Waals surface area contributed by atoms with E-state index >= 15 is 0 Å². The average Bonchev–Trinajstić information content (AvgIpc) is 3.41. The minimum Gasteiger partial charge on any atom is -0.350 e. The van der Waals surface area contributed by atoms with Gasteiger partial charge in [0, 0.05) is 30.6 Å². The number of hydrogen-bond acceptors (Lipinski definition) is 6. The molecule has 162 valence electrons. The molecule has 0 aromatic carbocycles. The van der Waals surface area contributed by atoms with Crippen LogP contribution in [0.4, 0.5) is 13.2 Å². The first-order chi connectivity index (χ1) is 14.8. The molecule has 1 fully saturated rings. The number of pyridine rings is 1. The first-order valence-electron chi connectivity index (χ1n) is 9.54. The van der Waals surface area contributed by atoms with Crippen LogP contribution in [0.1, 0.15) is 46.6 Å². The number of nitrogens with zero attached hydrogens (tertiary/aromatic N) is 4. The molecular formula is C20H17ClF3N5OS. The molecule has 1 saturated carbocycles. The Morgan fingerprint density at radius 1 is 1.16 bits per heavy atom. The summed E-state index contributed by atoms with van der Waals surface area (Å²) in [4.78, 5) is 27.9. The van der Waals surface area contributed by atoms with Crippen molar-refractivity contribution >= 4 is 28.8 Å². The van der Waals surface area contributed by atoms with Crippen molar-refractivity contribution in [2.24, 2.45) is 0 Å². The van der Waals surface area contributed by atoms with Crippen LogP contribution in [0, 0.1) is 0 Å². The maximum Gasteiger partial charge on any atom is 0.435 e. The van der Waals surface area contributed by atoms with Gasteiger partial charge in [0.05, 0.1) is 0 Å². The number of amides is 1. The van der Waals surface area contributed by atoms with E-state index in [0.717, 1.165) is 31.2 Å². The Bertz CT molecular complexity index is 1070. The van der Waals surface area contributed by atoms with E-state index in [1.54, 1.807) is 18.3 Å². The Labute approximate surface area is 184 Å². The second-order valence-electron chi connectivity index (χ2n) is 7.31. The largest absolute Gasteiger partial charge is 0.435 e. The van der Waals surface area contributed by atoms with Crippen molar-refractivity contribution < 1.29 is 18.0 Å². The standard InChI is InChI=1S/C20H17ClF3N5OS/c21-13-5-4-12(10-27-13)19(6-1-2-7-19)11-28-17(30)14-15(20(22,23)24)29-18(31-14)16-25-8-3-9-26-16/h3-5,8-10H,1-2,6-7,11H2,(H,28,30). The van der Waals surface area contributed by atoms with E-state index in [2.05, 4.69) is 25.3 Å². The zero-order chi connectivity index (χ0) is 22.1. The normalized spacial score (nSPS) is 15.7. The molecule has 1 aliphatic rings. The molecule has 0 unspecified atom stereocenters. The van der Waals surface area contributed by atoms with Gasteiger partial charge in [-0.25, -0.2) is 19.9 Å². The van der Waals surface area contributed by atoms with Crippen molar-refractivity contribution in [3.63, 3.8) is 0 Å². The van der Waals surface area contributed by atoms with Crippen LogP contribution >= 0.6 is 22.9 Å². The summed E-state index contributed by atoms with van der Waals surface area (Å²) >= 11 is 6.51. The first-order valence-corrected chi connectivity index (χ1v) is 10.7. The van der Waals surface area contributed by atoms with Gasteiger partial charge in [-0.1, -0.05) is 30.5 Å². The number of halogens is 4. The summed E-state index contributed by atoms with van der Waals surface area (Å²) in [5.74, 6) is -0.781. The highest BCUT2D eigenvalue weighted by molar-refractivity contribution is 7.17. The van der Waals surface area contributed by atoms with Gasteiger partial charge >= 0.3 is 6.18 Å². The van der Waals surface area contributed by atoms with Crippen molar-refractivity contribution in [3.05, 3.63) is 58.1 Å². The summed E-state index contributed by atoms with van der Waals surface area (Å²) < 4.78 is 40.7. The van der Waals surface area contributed by atoms with Crippen molar-refractivity contribution in [2.75, 3.05) is 6.54 Å². The third-order valence-electron chi connectivity index (χ3n) is 5.35. The fourth-order valence-electron chi connectivity index (χ4n) is 3.81. The summed E-state index contributed by atoms with van der Waals surface area (Å²) in [5.41, 5.74) is -0.707. The highest BCUT2D eigenvalue weighted by atomic mass is 35.5. The number of rotatable bonds is 5. The molecule has 3 heterocycles. The number of aromatic nitrogens is 4. The van der Waals surface area contributed by atoms with Gasteiger partial charge in [-0.15, -0.1) is 11.3 Å². The molecule has 0 saturated heterocycles. The van der Waals surface area contributed by atoms with Crippen molar-refractivity contribution in [3.8, 4) is 10.8 Å². The van der Waals surface area contributed by atoms with Crippen molar-refractivity contribution in [1.29, 1.82) is 0 Å². The summed E-state index contributed by atoms with van der Waals surface area (Å²) in [6.07, 6.45) is 3.22. The molecule has 0 radical (unpaired) electrons. The minimum absolute atomic E-state index is 0.0385. The van der Waals surface area contributed by atoms with Crippen LogP contribution in [0.2, 0.25) is 5.15 Å². The lowest BCUT2D eigenvalue weighted by Gasteiger charge is -2.29. The molecule has 0 bridgehead atoms. The van der Waals surface area contributed by atoms with Gasteiger partial charge in [-0.05, 0) is 30.5 Å². The lowest BCUT2D eigenvalue weighted by atomic mass is 9.79. The van der Waals surface area contributed by atoms with Crippen LogP contribution in [-0.4, -0.2) is 32.4 Å². The highest BCUT2D eigenvalue weighted by Gasteiger charge is 2.41. The third-order valence-corrected chi connectivity index (χ3v) is 6.62. The molecule has 4 rings (SSSR count). The van der Waals surface area contributed by atoms with E-state index in [4.69, 9.17) is 11.6 Å². The van der Waals surface area contributed by atoms with Gasteiger partial charge in [0.15, 0.2) is 16.5 Å². The number of alkyl halides is 3. The van der Waals surface area contributed by atoms with E-state index in [-0.39, 0.29) is 22.8 Å². The predicted molar refractivity (Wildman–Crippen MR) is 110 cm³/mol. The average molecular weight is 468 g/mol. The summed E-state index contributed by atoms with van der Waals surface area (Å²) in [6.45, 7) is 0.196. The second kappa shape index (κ2) is 8.51. The second-order valence-corrected chi connectivity index (χ2v) is 8.69. The molecule has 0 aliphatic heterocycles. The van der Waals surface area contributed by atoms with Crippen molar-refractivity contribution in [1.82, 2.24) is 25.3 Å². The Balaban J connectivity index is 1.60. The molecular weight excluding hydrogens is 451 g/mol. The van der Waals surface area contributed by atoms with Gasteiger partial charge in [0.25, 0.3) is 5.91 Å². The monoisotopic (exact) mass is 467 g/mol. The molecule has 6 nitrogen and oxygen atoms in total. The Hall–Kier alpha value is -2.59. The van der Waals surface area contributed by atoms with Crippen LogP contribution in [0.15, 0.2) is 36.8 Å². The molecule has 3 aromatic heterocycles. The Morgan fingerprint density at radius 3 is 2.48 bits per heavy atom. The SMILES string of the molecule is O=C(NCC1(c2ccc(Cl)nc2)CCCC1)c1sc(-c2ncccn2)nc1C(F)(F)F. The molecule has 1 N–H and O–H groups in total. The number of thiazole rings is 1. The zero-order valence-electron chi connectivity index (χ0n) is 16.1. The molecule has 1 amide bonds. The maximum atomic E-state index is 13.6. The van der Waals surface area contributed by atoms with Gasteiger partial charge in [-0.3, -0.25) is 4.79 Å². The molecule has 31 heavy (non-hydrogen) atoms. The molecule has 1 aliphatic carbocycles. The topological polar surface area (TPSA) is 80.7 Å². The first kappa shape index (κ1) is 21.6. The van der Waals surface area contributed by atoms with E-state index in [1.807, 2.05) is 6.07 Å². The van der Waals surface area contributed by atoms with E-state index in [0.29, 0.717) is 16.5 Å². The van der Waals surface area contributed by atoms with Crippen LogP contribution in [-0.2, 0) is 11.6 Å². The van der Waals surface area contributed by atoms with Crippen LogP contribution in [0.25, 0.3) is 10.8 Å². The predicted octanol–water partition coefficient (Wildman–Crippen LogP) is 4.91. The maximum absolute atomic E-state index is 13.6. The molecule has 11 heteroatoms. The van der Waals surface area contributed by atoms with Gasteiger partial charge in [0.2, 0.25) is 0 Å². The summed E-state index contributed by atoms with van der Waals surface area (Å²) in [5, 5.41) is 3.00. The lowest BCUT2D eigenvalue weighted by Crippen LogP contribution is -2.39. The number of hydrogen-bond donors (Lipinski definition) is 1. The van der Waals surface area contributed by atoms with Gasteiger partial charge in [0.1, 0.15) is 10.0 Å². The third kappa shape index (κ3) is 4.54. The summed E-state index contributed by atoms with van der Waals surface area (Å²) in [7, 11) is 0. The Kier molecular flexibility index (Phi) is 5.94. The quantitative estimate of drug-likeness (QED) is 0.539. The lowest BCUT2D eigenvalue weighted by molar-refractivity contribution is -0.141. The van der Waals surface area contributed by atoms with E-state index < -0.39 is 22.7 Å². The van der Waals surface area contributed by atoms with Crippen LogP contribution in [0.5, 0.6) is 0 Å². The molecule has 3 aromatic rings. The minimum atomic E-state index is -4.78. The zero-order valence-corrected chi connectivity index (χ0v) is 17.7. The fourth-order valence-corrected chi connectivity index (χ4v) is 4.87. The summed E-state index contributed by atoms with van der Waals surface area (Å²) in [6, 6.07) is 5.07. The van der Waals surface area contributed by atoms with E-state index in [9.17, 15) is 18.0 Å². The van der Waals surface area contributed by atoms with E-state index in [1.165, 1.54) is 12.4 Å². The van der Waals surface area contributed by atoms with Gasteiger partial charge < -0.3 is 5.32 Å².